The average Bonchev–Trinajstić information content (AvgIpc) is 2.43. The van der Waals surface area contributed by atoms with E-state index in [0.29, 0.717) is 4.90 Å². The fourth-order valence-corrected chi connectivity index (χ4v) is 3.06. The molecule has 0 heterocycles. The van der Waals surface area contributed by atoms with Gasteiger partial charge in [-0.1, -0.05) is 0 Å². The third kappa shape index (κ3) is 11.3. The number of ether oxygens (including phenoxy) is 2. The molecule has 11 heteroatoms. The number of carbonyl (C=O) groups excluding carboxylic acids is 3. The third-order valence-corrected chi connectivity index (χ3v) is 4.37. The van der Waals surface area contributed by atoms with Crippen molar-refractivity contribution >= 4 is 25.8 Å². The molecule has 0 rings (SSSR count). The van der Waals surface area contributed by atoms with Crippen LogP contribution in [-0.2, 0) is 27.9 Å². The Morgan fingerprint density at radius 2 is 1.25 bits per heavy atom. The van der Waals surface area contributed by atoms with Crippen LogP contribution >= 0.6 is 7.75 Å². The maximum absolute atomic E-state index is 12.4. The molecule has 28 heavy (non-hydrogen) atoms. The minimum atomic E-state index is -3.80. The van der Waals surface area contributed by atoms with Crippen LogP contribution in [0.1, 0.15) is 61.8 Å². The predicted molar refractivity (Wildman–Crippen MR) is 103 cm³/mol. The summed E-state index contributed by atoms with van der Waals surface area (Å²) in [6.07, 6.45) is -2.25. The van der Waals surface area contributed by atoms with Crippen molar-refractivity contribution < 1.29 is 37.5 Å². The zero-order valence-electron chi connectivity index (χ0n) is 18.0. The van der Waals surface area contributed by atoms with Gasteiger partial charge in [-0.3, -0.25) is 18.9 Å². The lowest BCUT2D eigenvalue weighted by atomic mass is 10.2. The molecular formula is C17H33N2O8P. The van der Waals surface area contributed by atoms with Crippen LogP contribution < -0.4 is 5.09 Å². The van der Waals surface area contributed by atoms with E-state index in [9.17, 15) is 18.9 Å². The summed E-state index contributed by atoms with van der Waals surface area (Å²) in [4.78, 5) is 37.5. The molecule has 0 atom stereocenters. The van der Waals surface area contributed by atoms with Crippen molar-refractivity contribution in [1.29, 1.82) is 0 Å². The summed E-state index contributed by atoms with van der Waals surface area (Å²) < 4.78 is 32.7. The van der Waals surface area contributed by atoms with Crippen LogP contribution in [0.4, 0.5) is 9.59 Å². The van der Waals surface area contributed by atoms with E-state index in [1.165, 1.54) is 0 Å². The van der Waals surface area contributed by atoms with E-state index in [4.69, 9.17) is 18.5 Å². The van der Waals surface area contributed by atoms with Gasteiger partial charge in [0.2, 0.25) is 5.91 Å². The summed E-state index contributed by atoms with van der Waals surface area (Å²) >= 11 is 0. The van der Waals surface area contributed by atoms with Crippen LogP contribution in [0.5, 0.6) is 0 Å². The minimum Gasteiger partial charge on any atom is -0.443 e. The normalized spacial score (nSPS) is 12.3. The Bertz CT molecular complexity index is 557. The molecule has 10 nitrogen and oxygen atoms in total. The zero-order valence-corrected chi connectivity index (χ0v) is 18.9. The minimum absolute atomic E-state index is 0.0689. The largest absolute Gasteiger partial charge is 0.443 e. The Morgan fingerprint density at radius 3 is 1.57 bits per heavy atom. The van der Waals surface area contributed by atoms with Crippen molar-refractivity contribution in [1.82, 2.24) is 9.99 Å². The van der Waals surface area contributed by atoms with E-state index in [1.54, 1.807) is 55.4 Å². The SMILES string of the molecule is CCOP(=O)(NC(=O)CCN(C(=O)OC(C)(C)C)C(=O)OC(C)(C)C)OCC. The van der Waals surface area contributed by atoms with Crippen LogP contribution in [0.3, 0.4) is 0 Å². The van der Waals surface area contributed by atoms with Crippen molar-refractivity contribution in [3.05, 3.63) is 0 Å². The van der Waals surface area contributed by atoms with Crippen LogP contribution in [0, 0.1) is 0 Å². The monoisotopic (exact) mass is 424 g/mol. The second kappa shape index (κ2) is 10.8. The zero-order chi connectivity index (χ0) is 22.2. The van der Waals surface area contributed by atoms with Gasteiger partial charge < -0.3 is 9.47 Å². The van der Waals surface area contributed by atoms with Gasteiger partial charge in [-0.2, -0.15) is 0 Å². The lowest BCUT2D eigenvalue weighted by molar-refractivity contribution is -0.120. The molecule has 1 N–H and O–H groups in total. The van der Waals surface area contributed by atoms with Gasteiger partial charge in [0.05, 0.1) is 13.2 Å². The van der Waals surface area contributed by atoms with Crippen molar-refractivity contribution in [3.63, 3.8) is 0 Å². The third-order valence-electron chi connectivity index (χ3n) is 2.65. The molecule has 0 aliphatic rings. The van der Waals surface area contributed by atoms with E-state index in [0.717, 1.165) is 0 Å². The van der Waals surface area contributed by atoms with Crippen LogP contribution in [0.25, 0.3) is 0 Å². The summed E-state index contributed by atoms with van der Waals surface area (Å²) in [6.45, 7) is 12.9. The number of rotatable bonds is 8. The lowest BCUT2D eigenvalue weighted by Gasteiger charge is -2.28. The molecule has 0 aromatic rings. The summed E-state index contributed by atoms with van der Waals surface area (Å²) in [5.74, 6) is -0.720. The summed E-state index contributed by atoms with van der Waals surface area (Å²) in [5.41, 5.74) is -1.70. The van der Waals surface area contributed by atoms with Gasteiger partial charge in [0.15, 0.2) is 0 Å². The highest BCUT2D eigenvalue weighted by Crippen LogP contribution is 2.43. The molecule has 0 unspecified atom stereocenters. The molecule has 0 spiro atoms. The molecule has 0 aromatic heterocycles. The molecule has 0 saturated carbocycles. The van der Waals surface area contributed by atoms with Gasteiger partial charge >= 0.3 is 19.9 Å². The fourth-order valence-electron chi connectivity index (χ4n) is 1.75. The van der Waals surface area contributed by atoms with Gasteiger partial charge in [-0.25, -0.2) is 19.1 Å². The second-order valence-electron chi connectivity index (χ2n) is 7.73. The molecule has 0 aliphatic carbocycles. The van der Waals surface area contributed by atoms with Crippen LogP contribution in [0.15, 0.2) is 0 Å². The fraction of sp³-hybridized carbons (Fsp3) is 0.824. The Hall–Kier alpha value is -1.64. The second-order valence-corrected chi connectivity index (χ2v) is 9.47. The Morgan fingerprint density at radius 1 is 0.857 bits per heavy atom. The van der Waals surface area contributed by atoms with E-state index < -0.39 is 37.0 Å². The molecule has 0 bridgehead atoms. The number of amides is 3. The Labute approximate surface area is 166 Å². The maximum atomic E-state index is 12.4. The Balaban J connectivity index is 5.18. The first-order valence-electron chi connectivity index (χ1n) is 9.06. The number of nitrogens with zero attached hydrogens (tertiary/aromatic N) is 1. The van der Waals surface area contributed by atoms with E-state index in [2.05, 4.69) is 5.09 Å². The van der Waals surface area contributed by atoms with Gasteiger partial charge in [0.25, 0.3) is 0 Å². The van der Waals surface area contributed by atoms with Gasteiger partial charge in [0.1, 0.15) is 11.2 Å². The molecule has 0 saturated heterocycles. The maximum Gasteiger partial charge on any atom is 0.434 e. The molecule has 3 amide bonds. The van der Waals surface area contributed by atoms with Gasteiger partial charge in [-0.05, 0) is 55.4 Å². The highest BCUT2D eigenvalue weighted by atomic mass is 31.2. The smallest absolute Gasteiger partial charge is 0.434 e. The van der Waals surface area contributed by atoms with Gasteiger partial charge in [0, 0.05) is 13.0 Å². The average molecular weight is 424 g/mol. The van der Waals surface area contributed by atoms with Crippen LogP contribution in [-0.4, -0.2) is 54.0 Å². The van der Waals surface area contributed by atoms with Crippen molar-refractivity contribution in [2.45, 2.75) is 73.0 Å². The van der Waals surface area contributed by atoms with Gasteiger partial charge in [-0.15, -0.1) is 0 Å². The molecule has 0 aliphatic heterocycles. The molecule has 0 radical (unpaired) electrons. The summed E-state index contributed by atoms with van der Waals surface area (Å²) in [5, 5.41) is 2.17. The first-order chi connectivity index (χ1) is 12.6. The highest BCUT2D eigenvalue weighted by molar-refractivity contribution is 7.52. The topological polar surface area (TPSA) is 120 Å². The van der Waals surface area contributed by atoms with E-state index >= 15 is 0 Å². The standard InChI is InChI=1S/C17H33N2O8P/c1-9-24-28(23,25-10-2)18-13(20)11-12-19(14(21)26-16(3,4)5)15(22)27-17(6,7)8/h9-12H2,1-8H3,(H,18,20,23). The Kier molecular flexibility index (Phi) is 10.2. The number of nitrogens with one attached hydrogen (secondary N) is 1. The summed E-state index contributed by atoms with van der Waals surface area (Å²) in [6, 6.07) is 0. The molecule has 0 fully saturated rings. The summed E-state index contributed by atoms with van der Waals surface area (Å²) in [7, 11) is -3.80. The molecule has 0 aromatic carbocycles. The van der Waals surface area contributed by atoms with E-state index in [-0.39, 0.29) is 26.2 Å². The number of hydrogen-bond donors (Lipinski definition) is 1. The first kappa shape index (κ1) is 26.4. The van der Waals surface area contributed by atoms with E-state index in [1.807, 2.05) is 0 Å². The first-order valence-corrected chi connectivity index (χ1v) is 10.6. The molecular weight excluding hydrogens is 391 g/mol. The number of imide groups is 1. The number of hydrogen-bond acceptors (Lipinski definition) is 8. The highest BCUT2D eigenvalue weighted by Gasteiger charge is 2.32. The van der Waals surface area contributed by atoms with Crippen LogP contribution in [0.2, 0.25) is 0 Å². The van der Waals surface area contributed by atoms with Crippen molar-refractivity contribution in [2.24, 2.45) is 0 Å². The predicted octanol–water partition coefficient (Wildman–Crippen LogP) is 3.85. The lowest BCUT2D eigenvalue weighted by Crippen LogP contribution is -2.45. The van der Waals surface area contributed by atoms with Crippen molar-refractivity contribution in [3.8, 4) is 0 Å². The number of carbonyl (C=O) groups is 3. The molecule has 164 valence electrons. The van der Waals surface area contributed by atoms with Crippen molar-refractivity contribution in [2.75, 3.05) is 19.8 Å². The quantitative estimate of drug-likeness (QED) is 0.584.